The number of aromatic nitrogens is 1. The van der Waals surface area contributed by atoms with Crippen LogP contribution in [0.3, 0.4) is 0 Å². The molecule has 0 atom stereocenters. The number of nitrogen functional groups attached to an aromatic ring is 1. The van der Waals surface area contributed by atoms with Crippen molar-refractivity contribution in [1.82, 2.24) is 4.98 Å². The molecule has 0 spiro atoms. The zero-order chi connectivity index (χ0) is 12.5. The van der Waals surface area contributed by atoms with Gasteiger partial charge in [0, 0.05) is 6.07 Å². The van der Waals surface area contributed by atoms with Crippen molar-refractivity contribution in [3.05, 3.63) is 35.5 Å². The maximum absolute atomic E-state index is 5.79. The van der Waals surface area contributed by atoms with Gasteiger partial charge in [0.05, 0.1) is 5.69 Å². The molecule has 0 aliphatic carbocycles. The summed E-state index contributed by atoms with van der Waals surface area (Å²) in [7, 11) is 0. The molecule has 5 nitrogen and oxygen atoms in total. The average Bonchev–Trinajstić information content (AvgIpc) is 2.81. The quantitative estimate of drug-likeness (QED) is 0.845. The number of pyridine rings is 1. The van der Waals surface area contributed by atoms with Crippen LogP contribution in [0.4, 0.5) is 5.69 Å². The van der Waals surface area contributed by atoms with E-state index in [1.54, 1.807) is 30.3 Å². The van der Waals surface area contributed by atoms with Gasteiger partial charge in [-0.05, 0) is 24.3 Å². The smallest absolute Gasteiger partial charge is 0.244 e. The lowest BCUT2D eigenvalue weighted by atomic mass is 10.3. The van der Waals surface area contributed by atoms with Gasteiger partial charge in [-0.2, -0.15) is 4.98 Å². The number of fused-ring (bicyclic) bond motifs is 1. The van der Waals surface area contributed by atoms with E-state index in [2.05, 4.69) is 4.98 Å². The van der Waals surface area contributed by atoms with Crippen LogP contribution in [0, 0.1) is 0 Å². The van der Waals surface area contributed by atoms with E-state index in [4.69, 9.17) is 31.5 Å². The molecule has 0 radical (unpaired) electrons. The molecule has 2 heterocycles. The first-order chi connectivity index (χ1) is 8.72. The Kier molecular flexibility index (Phi) is 2.60. The van der Waals surface area contributed by atoms with Crippen molar-refractivity contribution in [2.45, 2.75) is 0 Å². The van der Waals surface area contributed by atoms with Crippen molar-refractivity contribution >= 4 is 17.3 Å². The molecule has 1 aromatic heterocycles. The summed E-state index contributed by atoms with van der Waals surface area (Å²) in [6.07, 6.45) is 0. The Morgan fingerprint density at radius 3 is 2.89 bits per heavy atom. The highest BCUT2D eigenvalue weighted by Crippen LogP contribution is 2.37. The van der Waals surface area contributed by atoms with Crippen LogP contribution in [-0.2, 0) is 0 Å². The van der Waals surface area contributed by atoms with E-state index < -0.39 is 0 Å². The largest absolute Gasteiger partial charge is 0.454 e. The molecule has 6 heteroatoms. The number of halogens is 1. The summed E-state index contributed by atoms with van der Waals surface area (Å²) in [5, 5.41) is 0.319. The molecule has 92 valence electrons. The fraction of sp³-hybridized carbons (Fsp3) is 0.0833. The lowest BCUT2D eigenvalue weighted by Gasteiger charge is -2.07. The van der Waals surface area contributed by atoms with Crippen molar-refractivity contribution in [3.63, 3.8) is 0 Å². The predicted octanol–water partition coefficient (Wildman–Crippen LogP) is 2.84. The van der Waals surface area contributed by atoms with Crippen molar-refractivity contribution < 1.29 is 14.2 Å². The number of nitrogens with zero attached hydrogens (tertiary/aromatic N) is 1. The van der Waals surface area contributed by atoms with Gasteiger partial charge in [-0.3, -0.25) is 0 Å². The molecule has 0 fully saturated rings. The second-order valence-corrected chi connectivity index (χ2v) is 4.03. The number of benzene rings is 1. The topological polar surface area (TPSA) is 66.6 Å². The summed E-state index contributed by atoms with van der Waals surface area (Å²) in [4.78, 5) is 4.01. The van der Waals surface area contributed by atoms with E-state index in [1.165, 1.54) is 0 Å². The third kappa shape index (κ3) is 2.00. The monoisotopic (exact) mass is 264 g/mol. The zero-order valence-electron chi connectivity index (χ0n) is 9.22. The molecule has 0 saturated carbocycles. The van der Waals surface area contributed by atoms with Gasteiger partial charge in [0.25, 0.3) is 0 Å². The summed E-state index contributed by atoms with van der Waals surface area (Å²) >= 11 is 5.79. The summed E-state index contributed by atoms with van der Waals surface area (Å²) in [6.45, 7) is 0.219. The first-order valence-corrected chi connectivity index (χ1v) is 5.60. The molecule has 3 rings (SSSR count). The van der Waals surface area contributed by atoms with Gasteiger partial charge in [-0.25, -0.2) is 0 Å². The Morgan fingerprint density at radius 1 is 1.17 bits per heavy atom. The number of hydrogen-bond acceptors (Lipinski definition) is 5. The van der Waals surface area contributed by atoms with Gasteiger partial charge in [-0.15, -0.1) is 0 Å². The third-order valence-electron chi connectivity index (χ3n) is 2.41. The highest BCUT2D eigenvalue weighted by molar-refractivity contribution is 6.29. The van der Waals surface area contributed by atoms with Crippen LogP contribution in [-0.4, -0.2) is 11.8 Å². The Balaban J connectivity index is 1.90. The first-order valence-electron chi connectivity index (χ1n) is 5.22. The molecule has 1 aliphatic heterocycles. The van der Waals surface area contributed by atoms with Crippen LogP contribution in [0.1, 0.15) is 0 Å². The highest BCUT2D eigenvalue weighted by atomic mass is 35.5. The van der Waals surface area contributed by atoms with Crippen LogP contribution < -0.4 is 19.9 Å². The van der Waals surface area contributed by atoms with E-state index in [9.17, 15) is 0 Å². The van der Waals surface area contributed by atoms with Gasteiger partial charge in [-0.1, -0.05) is 11.6 Å². The number of hydrogen-bond donors (Lipinski definition) is 1. The van der Waals surface area contributed by atoms with E-state index >= 15 is 0 Å². The minimum atomic E-state index is 0.219. The Morgan fingerprint density at radius 2 is 2.00 bits per heavy atom. The Hall–Kier alpha value is -2.14. The molecule has 1 aliphatic rings. The molecule has 1 aromatic carbocycles. The van der Waals surface area contributed by atoms with Gasteiger partial charge in [0.15, 0.2) is 11.5 Å². The lowest BCUT2D eigenvalue weighted by molar-refractivity contribution is 0.174. The van der Waals surface area contributed by atoms with E-state index in [0.717, 1.165) is 0 Å². The van der Waals surface area contributed by atoms with Crippen molar-refractivity contribution in [1.29, 1.82) is 0 Å². The molecular weight excluding hydrogens is 256 g/mol. The van der Waals surface area contributed by atoms with Crippen LogP contribution in [0.5, 0.6) is 23.1 Å². The normalized spacial score (nSPS) is 12.5. The van der Waals surface area contributed by atoms with Gasteiger partial charge >= 0.3 is 0 Å². The maximum Gasteiger partial charge on any atom is 0.244 e. The molecule has 0 saturated heterocycles. The van der Waals surface area contributed by atoms with E-state index in [0.29, 0.717) is 28.1 Å². The van der Waals surface area contributed by atoms with Crippen molar-refractivity contribution in [3.8, 4) is 23.1 Å². The number of rotatable bonds is 2. The number of nitrogens with two attached hydrogens (primary N) is 1. The van der Waals surface area contributed by atoms with Crippen LogP contribution >= 0.6 is 11.6 Å². The molecule has 0 amide bonds. The summed E-state index contributed by atoms with van der Waals surface area (Å²) in [6, 6.07) is 8.46. The van der Waals surface area contributed by atoms with Crippen LogP contribution in [0.2, 0.25) is 5.15 Å². The fourth-order valence-electron chi connectivity index (χ4n) is 1.56. The average molecular weight is 265 g/mol. The van der Waals surface area contributed by atoms with Crippen LogP contribution in [0.15, 0.2) is 30.3 Å². The molecule has 2 N–H and O–H groups in total. The zero-order valence-corrected chi connectivity index (χ0v) is 9.98. The Labute approximate surface area is 108 Å². The second kappa shape index (κ2) is 4.27. The number of anilines is 1. The van der Waals surface area contributed by atoms with Gasteiger partial charge in [0.2, 0.25) is 12.7 Å². The van der Waals surface area contributed by atoms with Gasteiger partial charge in [0.1, 0.15) is 10.9 Å². The van der Waals surface area contributed by atoms with E-state index in [1.807, 2.05) is 0 Å². The Bertz CT molecular complexity index is 604. The third-order valence-corrected chi connectivity index (χ3v) is 2.62. The number of ether oxygens (including phenoxy) is 3. The van der Waals surface area contributed by atoms with Gasteiger partial charge < -0.3 is 19.9 Å². The van der Waals surface area contributed by atoms with E-state index in [-0.39, 0.29) is 12.7 Å². The minimum Gasteiger partial charge on any atom is -0.454 e. The lowest BCUT2D eigenvalue weighted by Crippen LogP contribution is -1.95. The molecule has 0 bridgehead atoms. The molecule has 18 heavy (non-hydrogen) atoms. The summed E-state index contributed by atoms with van der Waals surface area (Å²) < 4.78 is 16.0. The van der Waals surface area contributed by atoms with Crippen LogP contribution in [0.25, 0.3) is 0 Å². The summed E-state index contributed by atoms with van der Waals surface area (Å²) in [5.74, 6) is 2.14. The highest BCUT2D eigenvalue weighted by Gasteiger charge is 2.14. The SMILES string of the molecule is Nc1ccc(Cl)nc1Oc1ccc2c(c1)OCO2. The first kappa shape index (κ1) is 11.0. The van der Waals surface area contributed by atoms with Crippen molar-refractivity contribution in [2.24, 2.45) is 0 Å². The van der Waals surface area contributed by atoms with Crippen molar-refractivity contribution in [2.75, 3.05) is 12.5 Å². The molecular formula is C12H9ClN2O3. The maximum atomic E-state index is 5.79. The second-order valence-electron chi connectivity index (χ2n) is 3.65. The minimum absolute atomic E-state index is 0.219. The standard InChI is InChI=1S/C12H9ClN2O3/c13-11-4-2-8(14)12(15-11)18-7-1-3-9-10(5-7)17-6-16-9/h1-5H,6,14H2. The summed E-state index contributed by atoms with van der Waals surface area (Å²) in [5.41, 5.74) is 6.16. The fourth-order valence-corrected chi connectivity index (χ4v) is 1.70. The predicted molar refractivity (Wildman–Crippen MR) is 66.3 cm³/mol. The molecule has 2 aromatic rings. The molecule has 0 unspecified atom stereocenters.